The van der Waals surface area contributed by atoms with Crippen LogP contribution in [-0.2, 0) is 11.3 Å². The molecule has 6 nitrogen and oxygen atoms in total. The third-order valence-corrected chi connectivity index (χ3v) is 3.43. The quantitative estimate of drug-likeness (QED) is 0.851. The van der Waals surface area contributed by atoms with Gasteiger partial charge in [0.25, 0.3) is 0 Å². The van der Waals surface area contributed by atoms with E-state index in [2.05, 4.69) is 16.9 Å². The van der Waals surface area contributed by atoms with Crippen molar-refractivity contribution in [3.05, 3.63) is 11.9 Å². The van der Waals surface area contributed by atoms with E-state index in [-0.39, 0.29) is 6.10 Å². The second-order valence-corrected chi connectivity index (χ2v) is 4.94. The Balaban J connectivity index is 2.20. The zero-order chi connectivity index (χ0) is 13.8. The molecule has 1 aromatic rings. The summed E-state index contributed by atoms with van der Waals surface area (Å²) < 4.78 is 12.8. The second-order valence-electron chi connectivity index (χ2n) is 4.94. The molecule has 6 heteroatoms. The molecule has 1 fully saturated rings. The number of nitrogens with zero attached hydrogens (tertiary/aromatic N) is 3. The third kappa shape index (κ3) is 3.08. The predicted molar refractivity (Wildman–Crippen MR) is 71.3 cm³/mol. The second kappa shape index (κ2) is 6.36. The maximum absolute atomic E-state index is 10.6. The molecule has 108 valence electrons. The number of morpholine rings is 1. The molecule has 0 aromatic carbocycles. The molecular formula is C13H23N3O3. The average Bonchev–Trinajstić information content (AvgIpc) is 2.81. The van der Waals surface area contributed by atoms with Gasteiger partial charge in [0, 0.05) is 19.6 Å². The summed E-state index contributed by atoms with van der Waals surface area (Å²) in [5.41, 5.74) is 0.713. The molecule has 2 unspecified atom stereocenters. The van der Waals surface area contributed by atoms with E-state index < -0.39 is 6.10 Å². The van der Waals surface area contributed by atoms with Crippen LogP contribution in [0.5, 0.6) is 5.75 Å². The number of hydrogen-bond donors (Lipinski definition) is 1. The number of ether oxygens (including phenoxy) is 2. The Morgan fingerprint density at radius 2 is 2.42 bits per heavy atom. The average molecular weight is 269 g/mol. The van der Waals surface area contributed by atoms with Gasteiger partial charge in [0.15, 0.2) is 5.75 Å². The van der Waals surface area contributed by atoms with Crippen molar-refractivity contribution >= 4 is 0 Å². The van der Waals surface area contributed by atoms with E-state index >= 15 is 0 Å². The van der Waals surface area contributed by atoms with Crippen molar-refractivity contribution in [2.45, 2.75) is 32.1 Å². The van der Waals surface area contributed by atoms with Crippen LogP contribution in [0.3, 0.4) is 0 Å². The summed E-state index contributed by atoms with van der Waals surface area (Å²) in [6.45, 7) is 5.09. The van der Waals surface area contributed by atoms with Crippen molar-refractivity contribution in [3.8, 4) is 5.75 Å². The highest BCUT2D eigenvalue weighted by Crippen LogP contribution is 2.29. The van der Waals surface area contributed by atoms with Crippen molar-refractivity contribution in [1.29, 1.82) is 0 Å². The maximum atomic E-state index is 10.6. The number of aromatic nitrogens is 2. The largest absolute Gasteiger partial charge is 0.493 e. The Bertz CT molecular complexity index is 408. The fourth-order valence-corrected chi connectivity index (χ4v) is 2.40. The van der Waals surface area contributed by atoms with Gasteiger partial charge in [-0.25, -0.2) is 0 Å². The van der Waals surface area contributed by atoms with Gasteiger partial charge in [-0.05, 0) is 13.5 Å². The molecule has 2 rings (SSSR count). The van der Waals surface area contributed by atoms with Crippen LogP contribution in [0.2, 0.25) is 0 Å². The van der Waals surface area contributed by atoms with Crippen LogP contribution >= 0.6 is 0 Å². The lowest BCUT2D eigenvalue weighted by Gasteiger charge is -2.33. The van der Waals surface area contributed by atoms with Crippen molar-refractivity contribution in [3.63, 3.8) is 0 Å². The van der Waals surface area contributed by atoms with Crippen molar-refractivity contribution < 1.29 is 14.6 Å². The third-order valence-electron chi connectivity index (χ3n) is 3.43. The smallest absolute Gasteiger partial charge is 0.162 e. The highest BCUT2D eigenvalue weighted by molar-refractivity contribution is 5.28. The summed E-state index contributed by atoms with van der Waals surface area (Å²) in [4.78, 5) is 2.16. The van der Waals surface area contributed by atoms with E-state index in [1.807, 2.05) is 11.7 Å². The van der Waals surface area contributed by atoms with Gasteiger partial charge >= 0.3 is 0 Å². The van der Waals surface area contributed by atoms with Gasteiger partial charge in [0.05, 0.1) is 19.9 Å². The maximum Gasteiger partial charge on any atom is 0.162 e. The van der Waals surface area contributed by atoms with Crippen LogP contribution in [0.25, 0.3) is 0 Å². The number of aliphatic hydroxyl groups excluding tert-OH is 1. The standard InChI is InChI=1S/C13H23N3O3/c1-4-5-16-12(10(18-3)8-14-16)13(17)11-9-15(2)6-7-19-11/h8,11,13,17H,4-7,9H2,1-3H3. The lowest BCUT2D eigenvalue weighted by molar-refractivity contribution is -0.0874. The summed E-state index contributed by atoms with van der Waals surface area (Å²) in [6.07, 6.45) is 1.66. The summed E-state index contributed by atoms with van der Waals surface area (Å²) in [5.74, 6) is 0.623. The SMILES string of the molecule is CCCn1ncc(OC)c1C(O)C1CN(C)CCO1. The first-order valence-electron chi connectivity index (χ1n) is 6.75. The summed E-state index contributed by atoms with van der Waals surface area (Å²) in [6, 6.07) is 0. The molecule has 0 saturated carbocycles. The van der Waals surface area contributed by atoms with E-state index in [1.54, 1.807) is 13.3 Å². The zero-order valence-corrected chi connectivity index (χ0v) is 11.9. The van der Waals surface area contributed by atoms with E-state index in [0.29, 0.717) is 24.6 Å². The van der Waals surface area contributed by atoms with Gasteiger partial charge in [0.2, 0.25) is 0 Å². The fourth-order valence-electron chi connectivity index (χ4n) is 2.40. The molecule has 1 aromatic heterocycles. The lowest BCUT2D eigenvalue weighted by Crippen LogP contribution is -2.43. The molecular weight excluding hydrogens is 246 g/mol. The van der Waals surface area contributed by atoms with Crippen molar-refractivity contribution in [2.24, 2.45) is 0 Å². The van der Waals surface area contributed by atoms with Crippen LogP contribution in [0.15, 0.2) is 6.20 Å². The minimum Gasteiger partial charge on any atom is -0.493 e. The number of hydrogen-bond acceptors (Lipinski definition) is 5. The van der Waals surface area contributed by atoms with Crippen molar-refractivity contribution in [2.75, 3.05) is 33.9 Å². The Morgan fingerprint density at radius 1 is 1.63 bits per heavy atom. The van der Waals surface area contributed by atoms with Gasteiger partial charge in [-0.1, -0.05) is 6.92 Å². The first-order chi connectivity index (χ1) is 9.17. The number of methoxy groups -OCH3 is 1. The molecule has 1 aliphatic heterocycles. The summed E-state index contributed by atoms with van der Waals surface area (Å²) in [7, 11) is 3.63. The Kier molecular flexibility index (Phi) is 4.79. The van der Waals surface area contributed by atoms with E-state index in [1.165, 1.54) is 0 Å². The Hall–Kier alpha value is -1.11. The first kappa shape index (κ1) is 14.3. The Morgan fingerprint density at radius 3 is 3.05 bits per heavy atom. The van der Waals surface area contributed by atoms with E-state index in [0.717, 1.165) is 19.5 Å². The molecule has 0 bridgehead atoms. The number of aliphatic hydroxyl groups is 1. The summed E-state index contributed by atoms with van der Waals surface area (Å²) >= 11 is 0. The normalized spacial score (nSPS) is 22.4. The molecule has 0 radical (unpaired) electrons. The molecule has 0 spiro atoms. The topological polar surface area (TPSA) is 59.8 Å². The Labute approximate surface area is 113 Å². The van der Waals surface area contributed by atoms with Gasteiger partial charge < -0.3 is 19.5 Å². The number of rotatable bonds is 5. The molecule has 1 N–H and O–H groups in total. The van der Waals surface area contributed by atoms with Gasteiger partial charge in [-0.3, -0.25) is 4.68 Å². The zero-order valence-electron chi connectivity index (χ0n) is 11.9. The van der Waals surface area contributed by atoms with Gasteiger partial charge in [-0.2, -0.15) is 5.10 Å². The minimum absolute atomic E-state index is 0.236. The monoisotopic (exact) mass is 269 g/mol. The summed E-state index contributed by atoms with van der Waals surface area (Å²) in [5, 5.41) is 14.9. The number of likely N-dealkylation sites (N-methyl/N-ethyl adjacent to an activating group) is 1. The van der Waals surface area contributed by atoms with Crippen molar-refractivity contribution in [1.82, 2.24) is 14.7 Å². The number of aryl methyl sites for hydroxylation is 1. The molecule has 1 aliphatic rings. The molecule has 2 heterocycles. The van der Waals surface area contributed by atoms with Crippen LogP contribution < -0.4 is 4.74 Å². The van der Waals surface area contributed by atoms with Gasteiger partial charge in [-0.15, -0.1) is 0 Å². The molecule has 1 saturated heterocycles. The molecule has 0 amide bonds. The van der Waals surface area contributed by atoms with E-state index in [9.17, 15) is 5.11 Å². The highest BCUT2D eigenvalue weighted by atomic mass is 16.5. The van der Waals surface area contributed by atoms with Gasteiger partial charge in [0.1, 0.15) is 17.9 Å². The van der Waals surface area contributed by atoms with Crippen LogP contribution in [0.1, 0.15) is 25.1 Å². The predicted octanol–water partition coefficient (Wildman–Crippen LogP) is 0.666. The van der Waals surface area contributed by atoms with E-state index in [4.69, 9.17) is 9.47 Å². The van der Waals surface area contributed by atoms with Crippen LogP contribution in [0, 0.1) is 0 Å². The fraction of sp³-hybridized carbons (Fsp3) is 0.769. The van der Waals surface area contributed by atoms with Crippen LogP contribution in [0.4, 0.5) is 0 Å². The van der Waals surface area contributed by atoms with Crippen LogP contribution in [-0.4, -0.2) is 59.7 Å². The molecule has 2 atom stereocenters. The molecule has 19 heavy (non-hydrogen) atoms. The molecule has 0 aliphatic carbocycles. The minimum atomic E-state index is -0.716. The first-order valence-corrected chi connectivity index (χ1v) is 6.75. The highest BCUT2D eigenvalue weighted by Gasteiger charge is 2.31. The lowest BCUT2D eigenvalue weighted by atomic mass is 10.1.